The molecule has 0 spiro atoms. The van der Waals surface area contributed by atoms with Gasteiger partial charge in [0.1, 0.15) is 0 Å². The lowest BCUT2D eigenvalue weighted by atomic mass is 10.1. The van der Waals surface area contributed by atoms with Crippen molar-refractivity contribution in [3.63, 3.8) is 0 Å². The molecule has 0 saturated heterocycles. The standard InChI is InChI=1S/C15H14N2O2/c1-11-7-9-13(10-8-11)16-15(17-19)14(18)12-5-3-2-4-6-12/h2-10,19H,1H3,(H,16,17). The van der Waals surface area contributed by atoms with E-state index in [1.165, 1.54) is 0 Å². The predicted octanol–water partition coefficient (Wildman–Crippen LogP) is 2.89. The van der Waals surface area contributed by atoms with Gasteiger partial charge >= 0.3 is 0 Å². The van der Waals surface area contributed by atoms with Crippen LogP contribution >= 0.6 is 0 Å². The van der Waals surface area contributed by atoms with Crippen LogP contribution in [0.2, 0.25) is 0 Å². The maximum atomic E-state index is 12.1. The number of aryl methyl sites for hydroxylation is 1. The first-order valence-corrected chi connectivity index (χ1v) is 5.86. The number of aliphatic imine (C=N–C) groups is 1. The zero-order valence-electron chi connectivity index (χ0n) is 10.5. The summed E-state index contributed by atoms with van der Waals surface area (Å²) in [6.07, 6.45) is 0. The molecule has 0 unspecified atom stereocenters. The van der Waals surface area contributed by atoms with Gasteiger partial charge in [-0.3, -0.25) is 10.0 Å². The minimum atomic E-state index is -0.358. The van der Waals surface area contributed by atoms with Gasteiger partial charge in [-0.05, 0) is 19.1 Å². The second-order valence-corrected chi connectivity index (χ2v) is 4.10. The summed E-state index contributed by atoms with van der Waals surface area (Å²) in [4.78, 5) is 16.2. The SMILES string of the molecule is Cc1ccc(N=C(NO)C(=O)c2ccccc2)cc1. The van der Waals surface area contributed by atoms with Gasteiger partial charge in [0.2, 0.25) is 5.78 Å². The fourth-order valence-corrected chi connectivity index (χ4v) is 1.60. The number of amidine groups is 1. The van der Waals surface area contributed by atoms with Crippen LogP contribution in [0.15, 0.2) is 59.6 Å². The van der Waals surface area contributed by atoms with Gasteiger partial charge in [-0.25, -0.2) is 10.5 Å². The molecule has 2 N–H and O–H groups in total. The van der Waals surface area contributed by atoms with Gasteiger partial charge in [-0.1, -0.05) is 48.0 Å². The van der Waals surface area contributed by atoms with E-state index in [0.29, 0.717) is 11.3 Å². The highest BCUT2D eigenvalue weighted by atomic mass is 16.5. The molecular formula is C15H14N2O2. The summed E-state index contributed by atoms with van der Waals surface area (Å²) in [7, 11) is 0. The molecule has 4 nitrogen and oxygen atoms in total. The van der Waals surface area contributed by atoms with Crippen molar-refractivity contribution in [2.45, 2.75) is 6.92 Å². The summed E-state index contributed by atoms with van der Waals surface area (Å²) < 4.78 is 0. The molecule has 0 bridgehead atoms. The van der Waals surface area contributed by atoms with Crippen LogP contribution < -0.4 is 5.48 Å². The summed E-state index contributed by atoms with van der Waals surface area (Å²) in [6, 6.07) is 16.0. The molecule has 0 radical (unpaired) electrons. The highest BCUT2D eigenvalue weighted by Crippen LogP contribution is 2.13. The van der Waals surface area contributed by atoms with Crippen LogP contribution in [-0.2, 0) is 0 Å². The summed E-state index contributed by atoms with van der Waals surface area (Å²) in [5.41, 5.74) is 4.04. The van der Waals surface area contributed by atoms with Gasteiger partial charge in [0, 0.05) is 5.56 Å². The number of hydrogen-bond acceptors (Lipinski definition) is 3. The van der Waals surface area contributed by atoms with Crippen molar-refractivity contribution in [1.82, 2.24) is 5.48 Å². The fraction of sp³-hybridized carbons (Fsp3) is 0.0667. The van der Waals surface area contributed by atoms with Gasteiger partial charge in [-0.15, -0.1) is 0 Å². The fourth-order valence-electron chi connectivity index (χ4n) is 1.60. The van der Waals surface area contributed by atoms with Crippen LogP contribution in [0, 0.1) is 6.92 Å². The smallest absolute Gasteiger partial charge is 0.230 e. The Bertz CT molecular complexity index is 589. The zero-order chi connectivity index (χ0) is 13.7. The third-order valence-corrected chi connectivity index (χ3v) is 2.63. The van der Waals surface area contributed by atoms with Gasteiger partial charge in [0.05, 0.1) is 5.69 Å². The molecule has 96 valence electrons. The first-order chi connectivity index (χ1) is 9.20. The van der Waals surface area contributed by atoms with Gasteiger partial charge in [0.15, 0.2) is 5.84 Å². The number of rotatable bonds is 3. The Morgan fingerprint density at radius 3 is 2.26 bits per heavy atom. The normalized spacial score (nSPS) is 11.2. The molecule has 0 saturated carbocycles. The number of hydrogen-bond donors (Lipinski definition) is 2. The number of ketones is 1. The molecule has 0 aliphatic heterocycles. The van der Waals surface area contributed by atoms with Crippen LogP contribution in [0.1, 0.15) is 15.9 Å². The van der Waals surface area contributed by atoms with Crippen LogP contribution in [0.3, 0.4) is 0 Å². The number of Topliss-reactive ketones (excluding diaryl/α,β-unsaturated/α-hetero) is 1. The van der Waals surface area contributed by atoms with E-state index < -0.39 is 0 Å². The first-order valence-electron chi connectivity index (χ1n) is 5.86. The lowest BCUT2D eigenvalue weighted by molar-refractivity contribution is 0.104. The molecular weight excluding hydrogens is 240 g/mol. The zero-order valence-corrected chi connectivity index (χ0v) is 10.5. The molecule has 0 aliphatic carbocycles. The maximum Gasteiger partial charge on any atom is 0.230 e. The molecule has 0 heterocycles. The minimum Gasteiger partial charge on any atom is -0.290 e. The van der Waals surface area contributed by atoms with Gasteiger partial charge in [0.25, 0.3) is 0 Å². The van der Waals surface area contributed by atoms with Crippen molar-refractivity contribution in [2.24, 2.45) is 4.99 Å². The van der Waals surface area contributed by atoms with E-state index in [2.05, 4.69) is 4.99 Å². The molecule has 0 atom stereocenters. The summed E-state index contributed by atoms with van der Waals surface area (Å²) in [5.74, 6) is -0.460. The Balaban J connectivity index is 2.29. The summed E-state index contributed by atoms with van der Waals surface area (Å²) in [6.45, 7) is 1.97. The Morgan fingerprint density at radius 2 is 1.68 bits per heavy atom. The third kappa shape index (κ3) is 3.26. The van der Waals surface area contributed by atoms with Crippen LogP contribution in [-0.4, -0.2) is 16.8 Å². The van der Waals surface area contributed by atoms with E-state index in [9.17, 15) is 4.79 Å². The lowest BCUT2D eigenvalue weighted by Crippen LogP contribution is -2.28. The number of nitrogens with one attached hydrogen (secondary N) is 1. The van der Waals surface area contributed by atoms with Crippen LogP contribution in [0.5, 0.6) is 0 Å². The van der Waals surface area contributed by atoms with Crippen molar-refractivity contribution in [1.29, 1.82) is 0 Å². The highest BCUT2D eigenvalue weighted by molar-refractivity contribution is 6.45. The van der Waals surface area contributed by atoms with Gasteiger partial charge < -0.3 is 0 Å². The average Bonchev–Trinajstić information content (AvgIpc) is 2.47. The number of carbonyl (C=O) groups excluding carboxylic acids is 1. The molecule has 2 rings (SSSR count). The topological polar surface area (TPSA) is 61.7 Å². The van der Waals surface area contributed by atoms with Crippen molar-refractivity contribution >= 4 is 17.3 Å². The van der Waals surface area contributed by atoms with E-state index in [1.807, 2.05) is 30.6 Å². The molecule has 2 aromatic carbocycles. The summed E-state index contributed by atoms with van der Waals surface area (Å²) >= 11 is 0. The lowest BCUT2D eigenvalue weighted by Gasteiger charge is -2.04. The van der Waals surface area contributed by atoms with Crippen molar-refractivity contribution < 1.29 is 10.0 Å². The second kappa shape index (κ2) is 5.93. The average molecular weight is 254 g/mol. The maximum absolute atomic E-state index is 12.1. The monoisotopic (exact) mass is 254 g/mol. The largest absolute Gasteiger partial charge is 0.290 e. The molecule has 19 heavy (non-hydrogen) atoms. The number of carbonyl (C=O) groups is 1. The van der Waals surface area contributed by atoms with E-state index in [-0.39, 0.29) is 11.6 Å². The summed E-state index contributed by atoms with van der Waals surface area (Å²) in [5, 5.41) is 9.07. The molecule has 0 aromatic heterocycles. The Labute approximate surface area is 111 Å². The molecule has 0 fully saturated rings. The van der Waals surface area contributed by atoms with E-state index in [4.69, 9.17) is 5.21 Å². The van der Waals surface area contributed by atoms with Crippen molar-refractivity contribution in [2.75, 3.05) is 0 Å². The van der Waals surface area contributed by atoms with Crippen LogP contribution in [0.4, 0.5) is 5.69 Å². The van der Waals surface area contributed by atoms with E-state index in [0.717, 1.165) is 5.56 Å². The number of benzene rings is 2. The second-order valence-electron chi connectivity index (χ2n) is 4.10. The van der Waals surface area contributed by atoms with Crippen molar-refractivity contribution in [3.05, 3.63) is 65.7 Å². The third-order valence-electron chi connectivity index (χ3n) is 2.63. The van der Waals surface area contributed by atoms with E-state index in [1.54, 1.807) is 36.4 Å². The molecule has 4 heteroatoms. The molecule has 0 aliphatic rings. The Morgan fingerprint density at radius 1 is 1.05 bits per heavy atom. The molecule has 2 aromatic rings. The minimum absolute atomic E-state index is 0.102. The van der Waals surface area contributed by atoms with Gasteiger partial charge in [-0.2, -0.15) is 0 Å². The predicted molar refractivity (Wildman–Crippen MR) is 74.0 cm³/mol. The Kier molecular flexibility index (Phi) is 4.05. The van der Waals surface area contributed by atoms with Crippen LogP contribution in [0.25, 0.3) is 0 Å². The Hall–Kier alpha value is -2.46. The highest BCUT2D eigenvalue weighted by Gasteiger charge is 2.12. The number of hydroxylamine groups is 1. The van der Waals surface area contributed by atoms with Crippen molar-refractivity contribution in [3.8, 4) is 0 Å². The van der Waals surface area contributed by atoms with E-state index >= 15 is 0 Å². The first kappa shape index (κ1) is 13.0. The number of nitrogens with zero attached hydrogens (tertiary/aromatic N) is 1. The quantitative estimate of drug-likeness (QED) is 0.383. The molecule has 0 amide bonds.